The topological polar surface area (TPSA) is 69.6 Å². The van der Waals surface area contributed by atoms with Crippen LogP contribution >= 0.6 is 0 Å². The van der Waals surface area contributed by atoms with E-state index in [0.717, 1.165) is 25.8 Å². The molecular weight excluding hydrogens is 220 g/mol. The Morgan fingerprint density at radius 2 is 2.12 bits per heavy atom. The molecule has 0 aromatic carbocycles. The zero-order valence-corrected chi connectivity index (χ0v) is 10.6. The Labute approximate surface area is 102 Å². The second-order valence-corrected chi connectivity index (χ2v) is 4.81. The van der Waals surface area contributed by atoms with Gasteiger partial charge in [-0.25, -0.2) is 4.79 Å². The molecule has 0 saturated heterocycles. The predicted octanol–water partition coefficient (Wildman–Crippen LogP) is 1.68. The van der Waals surface area contributed by atoms with Crippen LogP contribution in [0.3, 0.4) is 0 Å². The molecule has 0 radical (unpaired) electrons. The molecule has 1 aliphatic carbocycles. The number of aliphatic carboxylic acids is 1. The smallest absolute Gasteiger partial charge is 0.317 e. The molecule has 17 heavy (non-hydrogen) atoms. The number of carboxylic acid groups (broad SMARTS) is 1. The number of urea groups is 1. The van der Waals surface area contributed by atoms with Crippen molar-refractivity contribution < 1.29 is 14.7 Å². The maximum absolute atomic E-state index is 11.9. The second kappa shape index (κ2) is 6.47. The number of carboxylic acids is 1. The van der Waals surface area contributed by atoms with Crippen molar-refractivity contribution in [2.24, 2.45) is 5.92 Å². The highest BCUT2D eigenvalue weighted by Crippen LogP contribution is 2.26. The van der Waals surface area contributed by atoms with Crippen LogP contribution in [-0.4, -0.2) is 41.1 Å². The molecule has 0 spiro atoms. The number of carbonyl (C=O) groups is 2. The minimum absolute atomic E-state index is 0.0286. The summed E-state index contributed by atoms with van der Waals surface area (Å²) in [4.78, 5) is 24.2. The first kappa shape index (κ1) is 13.8. The van der Waals surface area contributed by atoms with Gasteiger partial charge in [-0.05, 0) is 25.2 Å². The highest BCUT2D eigenvalue weighted by molar-refractivity contribution is 5.75. The molecule has 5 nitrogen and oxygen atoms in total. The van der Waals surface area contributed by atoms with Crippen molar-refractivity contribution in [3.63, 3.8) is 0 Å². The molecule has 1 fully saturated rings. The van der Waals surface area contributed by atoms with Crippen molar-refractivity contribution in [2.75, 3.05) is 13.1 Å². The predicted molar refractivity (Wildman–Crippen MR) is 64.8 cm³/mol. The van der Waals surface area contributed by atoms with E-state index in [4.69, 9.17) is 5.11 Å². The van der Waals surface area contributed by atoms with Crippen LogP contribution in [0.2, 0.25) is 0 Å². The third kappa shape index (κ3) is 5.06. The quantitative estimate of drug-likeness (QED) is 0.713. The summed E-state index contributed by atoms with van der Waals surface area (Å²) in [6.45, 7) is 5.09. The summed E-state index contributed by atoms with van der Waals surface area (Å²) < 4.78 is 0. The van der Waals surface area contributed by atoms with Crippen LogP contribution < -0.4 is 5.32 Å². The van der Waals surface area contributed by atoms with Crippen LogP contribution in [0.15, 0.2) is 0 Å². The molecule has 1 saturated carbocycles. The third-order valence-electron chi connectivity index (χ3n) is 2.84. The highest BCUT2D eigenvalue weighted by atomic mass is 16.4. The lowest BCUT2D eigenvalue weighted by Gasteiger charge is -2.23. The molecule has 2 N–H and O–H groups in total. The Balaban J connectivity index is 2.29. The monoisotopic (exact) mass is 242 g/mol. The Bertz CT molecular complexity index is 277. The van der Waals surface area contributed by atoms with Gasteiger partial charge in [-0.15, -0.1) is 0 Å². The van der Waals surface area contributed by atoms with Gasteiger partial charge in [-0.1, -0.05) is 13.8 Å². The minimum atomic E-state index is -0.820. The average Bonchev–Trinajstić information content (AvgIpc) is 3.05. The maximum Gasteiger partial charge on any atom is 0.317 e. The molecule has 1 unspecified atom stereocenters. The number of nitrogens with zero attached hydrogens (tertiary/aromatic N) is 1. The van der Waals surface area contributed by atoms with Crippen molar-refractivity contribution in [1.29, 1.82) is 0 Å². The van der Waals surface area contributed by atoms with E-state index in [2.05, 4.69) is 12.2 Å². The van der Waals surface area contributed by atoms with E-state index in [0.29, 0.717) is 12.6 Å². The number of hydrogen-bond donors (Lipinski definition) is 2. The van der Waals surface area contributed by atoms with Gasteiger partial charge in [0.2, 0.25) is 0 Å². The van der Waals surface area contributed by atoms with E-state index >= 15 is 0 Å². The zero-order chi connectivity index (χ0) is 12.8. The van der Waals surface area contributed by atoms with Gasteiger partial charge in [-0.2, -0.15) is 0 Å². The molecule has 0 aromatic heterocycles. The molecule has 1 aliphatic rings. The Hall–Kier alpha value is -1.26. The SMILES string of the molecule is CCCN(C(=O)NCC(C)CC(=O)O)C1CC1. The molecule has 5 heteroatoms. The minimum Gasteiger partial charge on any atom is -0.481 e. The molecular formula is C12H22N2O3. The lowest BCUT2D eigenvalue weighted by atomic mass is 10.1. The van der Waals surface area contributed by atoms with E-state index in [1.165, 1.54) is 0 Å². The summed E-state index contributed by atoms with van der Waals surface area (Å²) in [6, 6.07) is 0.358. The van der Waals surface area contributed by atoms with Gasteiger partial charge in [0.05, 0.1) is 0 Å². The summed E-state index contributed by atoms with van der Waals surface area (Å²) in [5.74, 6) is -0.849. The summed E-state index contributed by atoms with van der Waals surface area (Å²) in [6.07, 6.45) is 3.24. The number of rotatable bonds is 7. The summed E-state index contributed by atoms with van der Waals surface area (Å²) >= 11 is 0. The molecule has 0 heterocycles. The first-order chi connectivity index (χ1) is 8.04. The largest absolute Gasteiger partial charge is 0.481 e. The zero-order valence-electron chi connectivity index (χ0n) is 10.6. The van der Waals surface area contributed by atoms with Crippen LogP contribution in [0.1, 0.15) is 39.5 Å². The fourth-order valence-electron chi connectivity index (χ4n) is 1.81. The highest BCUT2D eigenvalue weighted by Gasteiger charge is 2.31. The van der Waals surface area contributed by atoms with E-state index < -0.39 is 5.97 Å². The van der Waals surface area contributed by atoms with Crippen LogP contribution in [0.25, 0.3) is 0 Å². The first-order valence-corrected chi connectivity index (χ1v) is 6.30. The van der Waals surface area contributed by atoms with Crippen molar-refractivity contribution in [3.05, 3.63) is 0 Å². The van der Waals surface area contributed by atoms with Gasteiger partial charge in [-0.3, -0.25) is 4.79 Å². The fraction of sp³-hybridized carbons (Fsp3) is 0.833. The summed E-state index contributed by atoms with van der Waals surface area (Å²) in [5.41, 5.74) is 0. The lowest BCUT2D eigenvalue weighted by molar-refractivity contribution is -0.137. The normalized spacial score (nSPS) is 16.4. The Morgan fingerprint density at radius 1 is 1.47 bits per heavy atom. The summed E-state index contributed by atoms with van der Waals surface area (Å²) in [7, 11) is 0. The molecule has 1 atom stereocenters. The Kier molecular flexibility index (Phi) is 5.25. The molecule has 0 aromatic rings. The van der Waals surface area contributed by atoms with E-state index in [-0.39, 0.29) is 18.4 Å². The number of hydrogen-bond acceptors (Lipinski definition) is 2. The van der Waals surface area contributed by atoms with Gasteiger partial charge >= 0.3 is 12.0 Å². The van der Waals surface area contributed by atoms with Crippen LogP contribution in [0.4, 0.5) is 4.79 Å². The van der Waals surface area contributed by atoms with E-state index in [9.17, 15) is 9.59 Å². The first-order valence-electron chi connectivity index (χ1n) is 6.30. The van der Waals surface area contributed by atoms with Gasteiger partial charge in [0.15, 0.2) is 0 Å². The molecule has 0 bridgehead atoms. The molecule has 1 rings (SSSR count). The van der Waals surface area contributed by atoms with Gasteiger partial charge in [0.1, 0.15) is 0 Å². The number of carbonyl (C=O) groups excluding carboxylic acids is 1. The lowest BCUT2D eigenvalue weighted by Crippen LogP contribution is -2.43. The van der Waals surface area contributed by atoms with Crippen molar-refractivity contribution in [2.45, 2.75) is 45.6 Å². The third-order valence-corrected chi connectivity index (χ3v) is 2.84. The molecule has 2 amide bonds. The van der Waals surface area contributed by atoms with Crippen molar-refractivity contribution >= 4 is 12.0 Å². The van der Waals surface area contributed by atoms with Crippen molar-refractivity contribution in [3.8, 4) is 0 Å². The van der Waals surface area contributed by atoms with Gasteiger partial charge < -0.3 is 15.3 Å². The average molecular weight is 242 g/mol. The maximum atomic E-state index is 11.9. The number of nitrogens with one attached hydrogen (secondary N) is 1. The van der Waals surface area contributed by atoms with Gasteiger partial charge in [0.25, 0.3) is 0 Å². The molecule has 0 aliphatic heterocycles. The Morgan fingerprint density at radius 3 is 2.59 bits per heavy atom. The van der Waals surface area contributed by atoms with Crippen molar-refractivity contribution in [1.82, 2.24) is 10.2 Å². The molecule has 98 valence electrons. The van der Waals surface area contributed by atoms with E-state index in [1.807, 2.05) is 11.8 Å². The fourth-order valence-corrected chi connectivity index (χ4v) is 1.81. The standard InChI is InChI=1S/C12H22N2O3/c1-3-6-14(10-4-5-10)12(17)13-8-9(2)7-11(15)16/h9-10H,3-8H2,1-2H3,(H,13,17)(H,15,16). The second-order valence-electron chi connectivity index (χ2n) is 4.81. The van der Waals surface area contributed by atoms with Crippen LogP contribution in [-0.2, 0) is 4.79 Å². The summed E-state index contributed by atoms with van der Waals surface area (Å²) in [5, 5.41) is 11.4. The van der Waals surface area contributed by atoms with E-state index in [1.54, 1.807) is 0 Å². The van der Waals surface area contributed by atoms with Crippen LogP contribution in [0.5, 0.6) is 0 Å². The van der Waals surface area contributed by atoms with Crippen LogP contribution in [0, 0.1) is 5.92 Å². The number of amides is 2. The van der Waals surface area contributed by atoms with Gasteiger partial charge in [0, 0.05) is 25.6 Å².